The fraction of sp³-hybridized carbons (Fsp3) is 0.409. The molecule has 1 saturated heterocycles. The maximum atomic E-state index is 12.7. The molecule has 2 aromatic heterocycles. The molecular weight excluding hydrogens is 430 g/mol. The van der Waals surface area contributed by atoms with E-state index in [-0.39, 0.29) is 24.3 Å². The highest BCUT2D eigenvalue weighted by Crippen LogP contribution is 2.32. The van der Waals surface area contributed by atoms with Gasteiger partial charge in [-0.25, -0.2) is 4.98 Å². The Labute approximate surface area is 189 Å². The van der Waals surface area contributed by atoms with Gasteiger partial charge in [-0.05, 0) is 24.6 Å². The van der Waals surface area contributed by atoms with Gasteiger partial charge in [0.25, 0.3) is 5.56 Å². The first-order valence-electron chi connectivity index (χ1n) is 10.7. The van der Waals surface area contributed by atoms with Gasteiger partial charge in [0.15, 0.2) is 16.5 Å². The summed E-state index contributed by atoms with van der Waals surface area (Å²) in [6.45, 7) is 6.50. The Kier molecular flexibility index (Phi) is 5.81. The monoisotopic (exact) mass is 455 g/mol. The second-order valence-electron chi connectivity index (χ2n) is 8.03. The summed E-state index contributed by atoms with van der Waals surface area (Å²) in [7, 11) is 0. The summed E-state index contributed by atoms with van der Waals surface area (Å²) >= 11 is 1.46. The molecule has 5 rings (SSSR count). The van der Waals surface area contributed by atoms with Gasteiger partial charge in [-0.15, -0.1) is 11.3 Å². The lowest BCUT2D eigenvalue weighted by molar-refractivity contribution is -0.126. The first-order valence-corrected chi connectivity index (χ1v) is 11.5. The largest absolute Gasteiger partial charge is 0.454 e. The summed E-state index contributed by atoms with van der Waals surface area (Å²) in [5.74, 6) is 1.47. The second-order valence-corrected chi connectivity index (χ2v) is 8.91. The SMILES string of the molecule is C[C@@H](C(=O)NCc1ccc2c(c1)OCO2)N1CCN(Cc2cc(=O)n3ccsc3n2)CC1. The van der Waals surface area contributed by atoms with E-state index in [4.69, 9.17) is 9.47 Å². The highest BCUT2D eigenvalue weighted by molar-refractivity contribution is 7.15. The van der Waals surface area contributed by atoms with Crippen molar-refractivity contribution in [3.8, 4) is 11.5 Å². The third-order valence-corrected chi connectivity index (χ3v) is 6.74. The van der Waals surface area contributed by atoms with Crippen molar-refractivity contribution >= 4 is 22.2 Å². The van der Waals surface area contributed by atoms with Gasteiger partial charge >= 0.3 is 0 Å². The molecule has 0 aliphatic carbocycles. The van der Waals surface area contributed by atoms with Gasteiger partial charge in [0.1, 0.15) is 0 Å². The van der Waals surface area contributed by atoms with E-state index >= 15 is 0 Å². The predicted molar refractivity (Wildman–Crippen MR) is 120 cm³/mol. The normalized spacial score (nSPS) is 17.5. The summed E-state index contributed by atoms with van der Waals surface area (Å²) in [6, 6.07) is 7.10. The van der Waals surface area contributed by atoms with Crippen molar-refractivity contribution in [3.05, 3.63) is 57.5 Å². The second kappa shape index (κ2) is 8.89. The molecule has 2 aliphatic heterocycles. The van der Waals surface area contributed by atoms with Crippen LogP contribution in [0, 0.1) is 0 Å². The average molecular weight is 456 g/mol. The quantitative estimate of drug-likeness (QED) is 0.600. The molecule has 1 fully saturated rings. The molecule has 168 valence electrons. The molecular formula is C22H25N5O4S. The Morgan fingerprint density at radius 2 is 2.00 bits per heavy atom. The number of ether oxygens (including phenoxy) is 2. The molecule has 0 bridgehead atoms. The molecule has 32 heavy (non-hydrogen) atoms. The molecule has 0 radical (unpaired) electrons. The first kappa shape index (κ1) is 20.9. The molecule has 0 unspecified atom stereocenters. The molecule has 2 aliphatic rings. The van der Waals surface area contributed by atoms with Crippen molar-refractivity contribution in [1.29, 1.82) is 0 Å². The standard InChI is InChI=1S/C22H25N5O4S/c1-15(21(29)23-12-16-2-3-18-19(10-16)31-14-30-18)26-6-4-25(5-7-26)13-17-11-20(28)27-8-9-32-22(27)24-17/h2-3,8-11,15H,4-7,12-14H2,1H3,(H,23,29)/t15-/m0/s1. The van der Waals surface area contributed by atoms with Crippen LogP contribution in [0.15, 0.2) is 40.6 Å². The number of hydrogen-bond acceptors (Lipinski definition) is 8. The Hall–Kier alpha value is -2.95. The van der Waals surface area contributed by atoms with Gasteiger partial charge in [-0.1, -0.05) is 6.07 Å². The molecule has 1 N–H and O–H groups in total. The van der Waals surface area contributed by atoms with Crippen LogP contribution in [0.25, 0.3) is 4.96 Å². The Balaban J connectivity index is 1.11. The summed E-state index contributed by atoms with van der Waals surface area (Å²) in [5, 5.41) is 4.89. The molecule has 9 nitrogen and oxygen atoms in total. The lowest BCUT2D eigenvalue weighted by Gasteiger charge is -2.37. The van der Waals surface area contributed by atoms with E-state index in [9.17, 15) is 9.59 Å². The summed E-state index contributed by atoms with van der Waals surface area (Å²) < 4.78 is 12.3. The maximum Gasteiger partial charge on any atom is 0.258 e. The number of carbonyl (C=O) groups excluding carboxylic acids is 1. The van der Waals surface area contributed by atoms with Crippen LogP contribution in [-0.2, 0) is 17.9 Å². The van der Waals surface area contributed by atoms with Crippen LogP contribution >= 0.6 is 11.3 Å². The summed E-state index contributed by atoms with van der Waals surface area (Å²) in [5.41, 5.74) is 1.73. The number of benzene rings is 1. The molecule has 4 heterocycles. The molecule has 1 amide bonds. The number of hydrogen-bond donors (Lipinski definition) is 1. The van der Waals surface area contributed by atoms with Crippen LogP contribution in [-0.4, -0.2) is 64.1 Å². The molecule has 10 heteroatoms. The van der Waals surface area contributed by atoms with Crippen LogP contribution in [0.2, 0.25) is 0 Å². The lowest BCUT2D eigenvalue weighted by Crippen LogP contribution is -2.53. The van der Waals surface area contributed by atoms with Gasteiger partial charge in [-0.2, -0.15) is 0 Å². The Morgan fingerprint density at radius 1 is 1.19 bits per heavy atom. The summed E-state index contributed by atoms with van der Waals surface area (Å²) in [6.07, 6.45) is 1.75. The van der Waals surface area contributed by atoms with Crippen LogP contribution in [0.3, 0.4) is 0 Å². The van der Waals surface area contributed by atoms with Gasteiger partial charge in [-0.3, -0.25) is 23.8 Å². The Bertz CT molecular complexity index is 1180. The minimum atomic E-state index is -0.212. The van der Waals surface area contributed by atoms with Crippen molar-refractivity contribution in [2.75, 3.05) is 33.0 Å². The number of fused-ring (bicyclic) bond motifs is 2. The number of thiazole rings is 1. The fourth-order valence-electron chi connectivity index (χ4n) is 4.06. The zero-order chi connectivity index (χ0) is 22.1. The molecule has 1 aromatic carbocycles. The average Bonchev–Trinajstić information content (AvgIpc) is 3.46. The predicted octanol–water partition coefficient (Wildman–Crippen LogP) is 1.31. The van der Waals surface area contributed by atoms with Gasteiger partial charge in [0, 0.05) is 56.9 Å². The van der Waals surface area contributed by atoms with E-state index in [1.165, 1.54) is 11.3 Å². The third kappa shape index (κ3) is 4.34. The van der Waals surface area contributed by atoms with E-state index in [1.807, 2.05) is 30.5 Å². The first-order chi connectivity index (χ1) is 15.6. The molecule has 1 atom stereocenters. The Morgan fingerprint density at radius 3 is 2.84 bits per heavy atom. The minimum absolute atomic E-state index is 0.00829. The molecule has 0 saturated carbocycles. The van der Waals surface area contributed by atoms with Gasteiger partial charge < -0.3 is 14.8 Å². The topological polar surface area (TPSA) is 88.4 Å². The molecule has 0 spiro atoms. The van der Waals surface area contributed by atoms with E-state index in [0.29, 0.717) is 13.1 Å². The van der Waals surface area contributed by atoms with Gasteiger partial charge in [0.2, 0.25) is 12.7 Å². The number of aromatic nitrogens is 2. The summed E-state index contributed by atoms with van der Waals surface area (Å²) in [4.78, 5) is 34.7. The highest BCUT2D eigenvalue weighted by Gasteiger charge is 2.26. The van der Waals surface area contributed by atoms with Crippen LogP contribution in [0.5, 0.6) is 11.5 Å². The highest BCUT2D eigenvalue weighted by atomic mass is 32.1. The number of carbonyl (C=O) groups is 1. The smallest absolute Gasteiger partial charge is 0.258 e. The van der Waals surface area contributed by atoms with E-state index in [0.717, 1.165) is 53.9 Å². The number of nitrogens with zero attached hydrogens (tertiary/aromatic N) is 4. The minimum Gasteiger partial charge on any atom is -0.454 e. The number of piperazine rings is 1. The fourth-order valence-corrected chi connectivity index (χ4v) is 4.80. The van der Waals surface area contributed by atoms with Crippen molar-refractivity contribution < 1.29 is 14.3 Å². The zero-order valence-electron chi connectivity index (χ0n) is 17.8. The zero-order valence-corrected chi connectivity index (χ0v) is 18.6. The maximum absolute atomic E-state index is 12.7. The van der Waals surface area contributed by atoms with Crippen molar-refractivity contribution in [2.45, 2.75) is 26.1 Å². The lowest BCUT2D eigenvalue weighted by atomic mass is 10.1. The number of nitrogens with one attached hydrogen (secondary N) is 1. The van der Waals surface area contributed by atoms with E-state index in [1.54, 1.807) is 16.7 Å². The van der Waals surface area contributed by atoms with Crippen molar-refractivity contribution in [1.82, 2.24) is 24.5 Å². The van der Waals surface area contributed by atoms with E-state index < -0.39 is 0 Å². The van der Waals surface area contributed by atoms with Crippen LogP contribution < -0.4 is 20.3 Å². The van der Waals surface area contributed by atoms with Crippen molar-refractivity contribution in [2.24, 2.45) is 0 Å². The van der Waals surface area contributed by atoms with Gasteiger partial charge in [0.05, 0.1) is 11.7 Å². The van der Waals surface area contributed by atoms with Crippen LogP contribution in [0.1, 0.15) is 18.2 Å². The number of rotatable bonds is 6. The third-order valence-electron chi connectivity index (χ3n) is 5.98. The number of amides is 1. The van der Waals surface area contributed by atoms with E-state index in [2.05, 4.69) is 20.1 Å². The van der Waals surface area contributed by atoms with Crippen LogP contribution in [0.4, 0.5) is 0 Å². The molecule has 3 aromatic rings. The van der Waals surface area contributed by atoms with Crippen molar-refractivity contribution in [3.63, 3.8) is 0 Å².